The maximum Gasteiger partial charge on any atom is 0.254 e. The van der Waals surface area contributed by atoms with Crippen LogP contribution in [-0.4, -0.2) is 34.0 Å². The summed E-state index contributed by atoms with van der Waals surface area (Å²) in [5.74, 6) is 2.24. The molecule has 0 saturated heterocycles. The number of imidazole rings is 1. The molecule has 0 unspecified atom stereocenters. The molecule has 1 aliphatic rings. The lowest BCUT2D eigenvalue weighted by atomic mass is 10.1. The number of ether oxygens (including phenoxy) is 1. The zero-order chi connectivity index (χ0) is 20.2. The first-order valence-electron chi connectivity index (χ1n) is 10.1. The van der Waals surface area contributed by atoms with Crippen molar-refractivity contribution in [3.05, 3.63) is 83.4 Å². The summed E-state index contributed by atoms with van der Waals surface area (Å²) in [7, 11) is 1.62. The summed E-state index contributed by atoms with van der Waals surface area (Å²) in [6.07, 6.45) is 6.20. The van der Waals surface area contributed by atoms with Crippen LogP contribution in [0.15, 0.2) is 60.9 Å². The number of amides is 1. The maximum atomic E-state index is 13.3. The predicted octanol–water partition coefficient (Wildman–Crippen LogP) is 4.30. The van der Waals surface area contributed by atoms with Crippen LogP contribution in [0.3, 0.4) is 0 Å². The molecule has 1 aliphatic carbocycles. The Morgan fingerprint density at radius 2 is 2.03 bits per heavy atom. The van der Waals surface area contributed by atoms with E-state index in [9.17, 15) is 4.79 Å². The third-order valence-electron chi connectivity index (χ3n) is 5.52. The van der Waals surface area contributed by atoms with Crippen LogP contribution in [0.2, 0.25) is 0 Å². The van der Waals surface area contributed by atoms with Crippen LogP contribution in [0.1, 0.15) is 40.2 Å². The van der Waals surface area contributed by atoms with Gasteiger partial charge in [0.15, 0.2) is 0 Å². The van der Waals surface area contributed by atoms with E-state index in [-0.39, 0.29) is 5.91 Å². The van der Waals surface area contributed by atoms with Crippen molar-refractivity contribution in [2.75, 3.05) is 13.7 Å². The topological polar surface area (TPSA) is 47.4 Å². The number of aryl methyl sites for hydroxylation is 1. The summed E-state index contributed by atoms with van der Waals surface area (Å²) < 4.78 is 7.43. The van der Waals surface area contributed by atoms with Gasteiger partial charge in [0.1, 0.15) is 11.6 Å². The van der Waals surface area contributed by atoms with Gasteiger partial charge in [0.25, 0.3) is 5.91 Å². The quantitative estimate of drug-likeness (QED) is 0.577. The van der Waals surface area contributed by atoms with Gasteiger partial charge in [-0.05, 0) is 55.0 Å². The van der Waals surface area contributed by atoms with Crippen molar-refractivity contribution < 1.29 is 9.53 Å². The second-order valence-electron chi connectivity index (χ2n) is 7.76. The number of hydrogen-bond acceptors (Lipinski definition) is 3. The third kappa shape index (κ3) is 4.67. The van der Waals surface area contributed by atoms with Gasteiger partial charge in [0.05, 0.1) is 13.7 Å². The molecular weight excluding hydrogens is 362 g/mol. The average molecular weight is 389 g/mol. The Labute approximate surface area is 171 Å². The summed E-state index contributed by atoms with van der Waals surface area (Å²) >= 11 is 0. The van der Waals surface area contributed by atoms with Gasteiger partial charge in [-0.3, -0.25) is 4.79 Å². The van der Waals surface area contributed by atoms with Gasteiger partial charge < -0.3 is 14.2 Å². The number of benzene rings is 2. The largest absolute Gasteiger partial charge is 0.497 e. The fourth-order valence-electron chi connectivity index (χ4n) is 3.55. The zero-order valence-corrected chi connectivity index (χ0v) is 17.0. The maximum absolute atomic E-state index is 13.3. The van der Waals surface area contributed by atoms with E-state index in [0.717, 1.165) is 18.9 Å². The van der Waals surface area contributed by atoms with E-state index in [0.29, 0.717) is 23.8 Å². The fourth-order valence-corrected chi connectivity index (χ4v) is 3.55. The molecule has 150 valence electrons. The fraction of sp³-hybridized carbons (Fsp3) is 0.333. The van der Waals surface area contributed by atoms with Crippen LogP contribution in [0.5, 0.6) is 5.75 Å². The van der Waals surface area contributed by atoms with Gasteiger partial charge in [-0.25, -0.2) is 4.98 Å². The van der Waals surface area contributed by atoms with Crippen molar-refractivity contribution in [1.82, 2.24) is 14.5 Å². The first-order chi connectivity index (χ1) is 14.1. The normalized spacial score (nSPS) is 13.3. The minimum absolute atomic E-state index is 0.0289. The van der Waals surface area contributed by atoms with Crippen LogP contribution in [-0.2, 0) is 13.1 Å². The SMILES string of the molecule is COc1cccc(C(=O)N(Cc2nccn2Cc2ccccc2C)CC2CC2)c1. The molecule has 1 amide bonds. The van der Waals surface area contributed by atoms with E-state index in [2.05, 4.69) is 40.7 Å². The molecule has 1 heterocycles. The Hall–Kier alpha value is -3.08. The Morgan fingerprint density at radius 1 is 1.21 bits per heavy atom. The Kier molecular flexibility index (Phi) is 5.65. The highest BCUT2D eigenvalue weighted by atomic mass is 16.5. The van der Waals surface area contributed by atoms with Crippen molar-refractivity contribution >= 4 is 5.91 Å². The minimum atomic E-state index is 0.0289. The first kappa shape index (κ1) is 19.2. The molecule has 4 rings (SSSR count). The van der Waals surface area contributed by atoms with E-state index in [1.54, 1.807) is 7.11 Å². The van der Waals surface area contributed by atoms with E-state index >= 15 is 0 Å². The molecule has 0 atom stereocenters. The van der Waals surface area contributed by atoms with E-state index in [4.69, 9.17) is 4.74 Å². The number of carbonyl (C=O) groups excluding carboxylic acids is 1. The summed E-state index contributed by atoms with van der Waals surface area (Å²) in [6.45, 7) is 4.16. The molecule has 1 aromatic heterocycles. The lowest BCUT2D eigenvalue weighted by Crippen LogP contribution is -2.33. The monoisotopic (exact) mass is 389 g/mol. The van der Waals surface area contributed by atoms with Crippen LogP contribution in [0.25, 0.3) is 0 Å². The molecule has 29 heavy (non-hydrogen) atoms. The zero-order valence-electron chi connectivity index (χ0n) is 17.0. The van der Waals surface area contributed by atoms with Crippen molar-refractivity contribution in [3.8, 4) is 5.75 Å². The summed E-state index contributed by atoms with van der Waals surface area (Å²) in [5.41, 5.74) is 3.18. The summed E-state index contributed by atoms with van der Waals surface area (Å²) in [6, 6.07) is 15.8. The number of nitrogens with zero attached hydrogens (tertiary/aromatic N) is 3. The molecular formula is C24H27N3O2. The predicted molar refractivity (Wildman–Crippen MR) is 113 cm³/mol. The smallest absolute Gasteiger partial charge is 0.254 e. The van der Waals surface area contributed by atoms with Gasteiger partial charge in [-0.2, -0.15) is 0 Å². The third-order valence-corrected chi connectivity index (χ3v) is 5.52. The van der Waals surface area contributed by atoms with Gasteiger partial charge >= 0.3 is 0 Å². The molecule has 2 aromatic carbocycles. The molecule has 0 bridgehead atoms. The lowest BCUT2D eigenvalue weighted by Gasteiger charge is -2.23. The molecule has 0 spiro atoms. The Bertz CT molecular complexity index is 991. The molecule has 3 aromatic rings. The van der Waals surface area contributed by atoms with Gasteiger partial charge in [-0.1, -0.05) is 30.3 Å². The highest BCUT2D eigenvalue weighted by Crippen LogP contribution is 2.31. The standard InChI is InChI=1S/C24H27N3O2/c1-18-6-3-4-7-21(18)16-26-13-12-25-23(26)17-27(15-19-10-11-19)24(28)20-8-5-9-22(14-20)29-2/h3-9,12-14,19H,10-11,15-17H2,1-2H3. The number of hydrogen-bond donors (Lipinski definition) is 0. The van der Waals surface area contributed by atoms with E-state index < -0.39 is 0 Å². The second-order valence-corrected chi connectivity index (χ2v) is 7.76. The van der Waals surface area contributed by atoms with Crippen LogP contribution < -0.4 is 4.74 Å². The number of carbonyl (C=O) groups is 1. The van der Waals surface area contributed by atoms with Crippen molar-refractivity contribution in [2.24, 2.45) is 5.92 Å². The van der Waals surface area contributed by atoms with Gasteiger partial charge in [0, 0.05) is 31.0 Å². The summed E-state index contributed by atoms with van der Waals surface area (Å²) in [5, 5.41) is 0. The molecule has 5 heteroatoms. The number of methoxy groups -OCH3 is 1. The molecule has 1 saturated carbocycles. The highest BCUT2D eigenvalue weighted by molar-refractivity contribution is 5.94. The minimum Gasteiger partial charge on any atom is -0.497 e. The lowest BCUT2D eigenvalue weighted by molar-refractivity contribution is 0.0728. The van der Waals surface area contributed by atoms with Crippen LogP contribution >= 0.6 is 0 Å². The molecule has 0 N–H and O–H groups in total. The number of rotatable bonds is 8. The molecule has 0 radical (unpaired) electrons. The molecule has 5 nitrogen and oxygen atoms in total. The van der Waals surface area contributed by atoms with Crippen LogP contribution in [0.4, 0.5) is 0 Å². The second kappa shape index (κ2) is 8.52. The Morgan fingerprint density at radius 3 is 2.79 bits per heavy atom. The van der Waals surface area contributed by atoms with Crippen molar-refractivity contribution in [2.45, 2.75) is 32.9 Å². The molecule has 1 fully saturated rings. The molecule has 0 aliphatic heterocycles. The Balaban J connectivity index is 1.55. The highest BCUT2D eigenvalue weighted by Gasteiger charge is 2.28. The van der Waals surface area contributed by atoms with E-state index in [1.165, 1.54) is 24.0 Å². The first-order valence-corrected chi connectivity index (χ1v) is 10.1. The number of aromatic nitrogens is 2. The van der Waals surface area contributed by atoms with Crippen molar-refractivity contribution in [3.63, 3.8) is 0 Å². The van der Waals surface area contributed by atoms with E-state index in [1.807, 2.05) is 41.6 Å². The summed E-state index contributed by atoms with van der Waals surface area (Å²) in [4.78, 5) is 19.8. The average Bonchev–Trinajstić information content (AvgIpc) is 3.46. The van der Waals surface area contributed by atoms with Crippen LogP contribution in [0, 0.1) is 12.8 Å². The van der Waals surface area contributed by atoms with Gasteiger partial charge in [0.2, 0.25) is 0 Å². The van der Waals surface area contributed by atoms with Gasteiger partial charge in [-0.15, -0.1) is 0 Å². The van der Waals surface area contributed by atoms with Crippen molar-refractivity contribution in [1.29, 1.82) is 0 Å².